The lowest BCUT2D eigenvalue weighted by molar-refractivity contribution is -0.129. The van der Waals surface area contributed by atoms with E-state index in [1.54, 1.807) is 11.3 Å². The van der Waals surface area contributed by atoms with Crippen LogP contribution in [0.2, 0.25) is 0 Å². The highest BCUT2D eigenvalue weighted by Gasteiger charge is 2.32. The first-order valence-corrected chi connectivity index (χ1v) is 11.2. The molecule has 2 fully saturated rings. The maximum atomic E-state index is 12.6. The van der Waals surface area contributed by atoms with Crippen molar-refractivity contribution in [3.63, 3.8) is 0 Å². The molecule has 140 valence electrons. The molecule has 6 nitrogen and oxygen atoms in total. The summed E-state index contributed by atoms with van der Waals surface area (Å²) >= 11 is 3.18. The van der Waals surface area contributed by atoms with Crippen molar-refractivity contribution < 1.29 is 9.21 Å². The van der Waals surface area contributed by atoms with Crippen LogP contribution in [-0.4, -0.2) is 44.8 Å². The van der Waals surface area contributed by atoms with E-state index in [4.69, 9.17) is 4.42 Å². The highest BCUT2D eigenvalue weighted by atomic mass is 32.2. The van der Waals surface area contributed by atoms with E-state index in [9.17, 15) is 4.79 Å². The Bertz CT molecular complexity index is 924. The minimum Gasteiger partial charge on any atom is -0.425 e. The van der Waals surface area contributed by atoms with Gasteiger partial charge in [0, 0.05) is 24.9 Å². The number of carbonyl (C=O) groups is 1. The number of thiazole rings is 1. The van der Waals surface area contributed by atoms with Crippen LogP contribution in [0.5, 0.6) is 0 Å². The van der Waals surface area contributed by atoms with Gasteiger partial charge in [-0.15, -0.1) is 21.5 Å². The van der Waals surface area contributed by atoms with Gasteiger partial charge in [0.05, 0.1) is 16.0 Å². The third-order valence-corrected chi connectivity index (χ3v) is 7.34. The van der Waals surface area contributed by atoms with E-state index in [2.05, 4.69) is 21.2 Å². The second-order valence-corrected chi connectivity index (χ2v) is 9.40. The van der Waals surface area contributed by atoms with Crippen LogP contribution in [0.1, 0.15) is 49.3 Å². The topological polar surface area (TPSA) is 72.1 Å². The molecular formula is C19H20N4O2S2. The van der Waals surface area contributed by atoms with Crippen LogP contribution in [0.3, 0.4) is 0 Å². The van der Waals surface area contributed by atoms with Gasteiger partial charge in [0.1, 0.15) is 0 Å². The first kappa shape index (κ1) is 17.2. The summed E-state index contributed by atoms with van der Waals surface area (Å²) < 4.78 is 7.96. The van der Waals surface area contributed by atoms with E-state index >= 15 is 0 Å². The van der Waals surface area contributed by atoms with Crippen LogP contribution in [0.15, 0.2) is 33.0 Å². The van der Waals surface area contributed by atoms with Gasteiger partial charge in [-0.1, -0.05) is 23.9 Å². The number of carbonyl (C=O) groups excluding carboxylic acids is 1. The fourth-order valence-corrected chi connectivity index (χ4v) is 5.38. The van der Waals surface area contributed by atoms with Crippen molar-refractivity contribution in [2.75, 3.05) is 18.8 Å². The number of aromatic nitrogens is 3. The average Bonchev–Trinajstić information content (AvgIpc) is 3.28. The number of piperidine rings is 1. The Morgan fingerprint density at radius 2 is 1.81 bits per heavy atom. The standard InChI is InChI=1S/C19H20N4O2S2/c24-16(11-26-19-20-14-3-1-2-4-15(14)27-19)23-9-7-13(8-10-23)18-22-21-17(25-18)12-5-6-12/h1-4,12-13H,5-11H2. The molecule has 8 heteroatoms. The zero-order valence-corrected chi connectivity index (χ0v) is 16.5. The number of thioether (sulfide) groups is 1. The summed E-state index contributed by atoms with van der Waals surface area (Å²) in [6.07, 6.45) is 4.12. The SMILES string of the molecule is O=C(CSc1nc2ccccc2s1)N1CCC(c2nnc(C3CC3)o2)CC1. The van der Waals surface area contributed by atoms with Gasteiger partial charge in [0.2, 0.25) is 17.7 Å². The summed E-state index contributed by atoms with van der Waals surface area (Å²) in [7, 11) is 0. The largest absolute Gasteiger partial charge is 0.425 e. The first-order valence-electron chi connectivity index (χ1n) is 9.36. The third kappa shape index (κ3) is 3.73. The number of benzene rings is 1. The molecule has 0 unspecified atom stereocenters. The molecule has 0 bridgehead atoms. The smallest absolute Gasteiger partial charge is 0.233 e. The summed E-state index contributed by atoms with van der Waals surface area (Å²) in [5.74, 6) is 2.96. The molecule has 0 N–H and O–H groups in total. The summed E-state index contributed by atoms with van der Waals surface area (Å²) in [5.41, 5.74) is 1.00. The normalized spacial score (nSPS) is 18.3. The van der Waals surface area contributed by atoms with E-state index in [0.717, 1.165) is 47.6 Å². The van der Waals surface area contributed by atoms with Crippen molar-refractivity contribution in [2.24, 2.45) is 0 Å². The number of hydrogen-bond acceptors (Lipinski definition) is 7. The Hall–Kier alpha value is -1.93. The van der Waals surface area contributed by atoms with Crippen molar-refractivity contribution in [3.05, 3.63) is 36.0 Å². The number of nitrogens with zero attached hydrogens (tertiary/aromatic N) is 4. The van der Waals surface area contributed by atoms with Gasteiger partial charge in [-0.2, -0.15) is 0 Å². The zero-order valence-electron chi connectivity index (χ0n) is 14.8. The van der Waals surface area contributed by atoms with Crippen molar-refractivity contribution >= 4 is 39.2 Å². The van der Waals surface area contributed by atoms with Crippen LogP contribution < -0.4 is 0 Å². The zero-order chi connectivity index (χ0) is 18.2. The summed E-state index contributed by atoms with van der Waals surface area (Å²) in [4.78, 5) is 19.1. The number of hydrogen-bond donors (Lipinski definition) is 0. The highest BCUT2D eigenvalue weighted by molar-refractivity contribution is 8.01. The molecule has 27 heavy (non-hydrogen) atoms. The van der Waals surface area contributed by atoms with Gasteiger partial charge in [-0.3, -0.25) is 4.79 Å². The van der Waals surface area contributed by atoms with Crippen molar-refractivity contribution in [1.29, 1.82) is 0 Å². The van der Waals surface area contributed by atoms with E-state index in [1.165, 1.54) is 29.3 Å². The Morgan fingerprint density at radius 1 is 1.11 bits per heavy atom. The van der Waals surface area contributed by atoms with E-state index < -0.39 is 0 Å². The Labute approximate surface area is 165 Å². The fourth-order valence-electron chi connectivity index (χ4n) is 3.41. The number of rotatable bonds is 5. The molecule has 3 heterocycles. The van der Waals surface area contributed by atoms with Gasteiger partial charge >= 0.3 is 0 Å². The fraction of sp³-hybridized carbons (Fsp3) is 0.474. The molecule has 1 aromatic carbocycles. The molecule has 0 spiro atoms. The quantitative estimate of drug-likeness (QED) is 0.602. The predicted molar refractivity (Wildman–Crippen MR) is 105 cm³/mol. The number of amides is 1. The molecule has 1 saturated heterocycles. The van der Waals surface area contributed by atoms with E-state index in [1.807, 2.05) is 23.1 Å². The lowest BCUT2D eigenvalue weighted by atomic mass is 9.97. The summed E-state index contributed by atoms with van der Waals surface area (Å²) in [6, 6.07) is 8.08. The average molecular weight is 401 g/mol. The van der Waals surface area contributed by atoms with Crippen LogP contribution in [0, 0.1) is 0 Å². The number of para-hydroxylation sites is 1. The molecule has 0 atom stereocenters. The third-order valence-electron chi connectivity index (χ3n) is 5.17. The summed E-state index contributed by atoms with van der Waals surface area (Å²) in [5, 5.41) is 8.42. The van der Waals surface area contributed by atoms with Gasteiger partial charge in [-0.25, -0.2) is 4.98 Å². The van der Waals surface area contributed by atoms with Crippen LogP contribution in [0.4, 0.5) is 0 Å². The minimum atomic E-state index is 0.182. The lowest BCUT2D eigenvalue weighted by Gasteiger charge is -2.30. The van der Waals surface area contributed by atoms with Gasteiger partial charge in [-0.05, 0) is 37.8 Å². The van der Waals surface area contributed by atoms with Crippen molar-refractivity contribution in [3.8, 4) is 0 Å². The Kier molecular flexibility index (Phi) is 4.61. The van der Waals surface area contributed by atoms with Crippen LogP contribution in [0.25, 0.3) is 10.2 Å². The molecule has 2 aliphatic rings. The van der Waals surface area contributed by atoms with Crippen LogP contribution in [-0.2, 0) is 4.79 Å². The Morgan fingerprint density at radius 3 is 2.52 bits per heavy atom. The molecule has 2 aromatic heterocycles. The monoisotopic (exact) mass is 400 g/mol. The number of fused-ring (bicyclic) bond motifs is 1. The van der Waals surface area contributed by atoms with Gasteiger partial charge in [0.25, 0.3) is 0 Å². The minimum absolute atomic E-state index is 0.182. The molecule has 3 aromatic rings. The second kappa shape index (κ2) is 7.24. The van der Waals surface area contributed by atoms with E-state index in [-0.39, 0.29) is 11.8 Å². The number of likely N-dealkylation sites (tertiary alicyclic amines) is 1. The second-order valence-electron chi connectivity index (χ2n) is 7.14. The maximum Gasteiger partial charge on any atom is 0.233 e. The summed E-state index contributed by atoms with van der Waals surface area (Å²) in [6.45, 7) is 1.51. The molecule has 0 radical (unpaired) electrons. The Balaban J connectivity index is 1.13. The van der Waals surface area contributed by atoms with Crippen molar-refractivity contribution in [1.82, 2.24) is 20.1 Å². The maximum absolute atomic E-state index is 12.6. The molecular weight excluding hydrogens is 380 g/mol. The lowest BCUT2D eigenvalue weighted by Crippen LogP contribution is -2.39. The first-order chi connectivity index (χ1) is 13.3. The molecule has 1 aliphatic carbocycles. The molecule has 1 amide bonds. The predicted octanol–water partition coefficient (Wildman–Crippen LogP) is 4.06. The van der Waals surface area contributed by atoms with E-state index in [0.29, 0.717) is 11.7 Å². The van der Waals surface area contributed by atoms with Crippen molar-refractivity contribution in [2.45, 2.75) is 41.9 Å². The van der Waals surface area contributed by atoms with Crippen LogP contribution >= 0.6 is 23.1 Å². The molecule has 1 aliphatic heterocycles. The molecule has 5 rings (SSSR count). The molecule has 1 saturated carbocycles. The van der Waals surface area contributed by atoms with Gasteiger partial charge in [0.15, 0.2) is 4.34 Å². The van der Waals surface area contributed by atoms with Gasteiger partial charge < -0.3 is 9.32 Å². The highest BCUT2D eigenvalue weighted by Crippen LogP contribution is 2.40.